The van der Waals surface area contributed by atoms with Crippen molar-refractivity contribution in [3.05, 3.63) is 105 Å². The summed E-state index contributed by atoms with van der Waals surface area (Å²) in [7, 11) is -4.09. The van der Waals surface area contributed by atoms with E-state index in [4.69, 9.17) is 5.73 Å². The maximum atomic E-state index is 14.6. The molecule has 9 rings (SSSR count). The molecule has 4 fully saturated rings. The Hall–Kier alpha value is -7.42. The molecule has 6 atom stereocenters. The second-order valence-corrected chi connectivity index (χ2v) is 24.4. The van der Waals surface area contributed by atoms with E-state index >= 15 is 0 Å². The molecule has 434 valence electrons. The normalized spacial score (nSPS) is 21.5. The van der Waals surface area contributed by atoms with Gasteiger partial charge in [-0.05, 0) is 124 Å². The first-order valence-corrected chi connectivity index (χ1v) is 29.8. The zero-order valence-electron chi connectivity index (χ0n) is 44.9. The number of halogens is 2. The molecular formula is C57H64F2N9O12PS. The fourth-order valence-electron chi connectivity index (χ4n) is 11.6. The molecular weight excluding hydrogens is 1100 g/mol. The van der Waals surface area contributed by atoms with E-state index in [2.05, 4.69) is 33.1 Å². The van der Waals surface area contributed by atoms with Gasteiger partial charge in [-0.2, -0.15) is 8.78 Å². The highest BCUT2D eigenvalue weighted by Crippen LogP contribution is 2.59. The topological polar surface area (TPSA) is 298 Å². The van der Waals surface area contributed by atoms with Crippen LogP contribution in [0.15, 0.2) is 72.8 Å². The van der Waals surface area contributed by atoms with Crippen molar-refractivity contribution in [1.29, 1.82) is 0 Å². The second-order valence-electron chi connectivity index (χ2n) is 21.6. The number of thiophene rings is 1. The third-order valence-corrected chi connectivity index (χ3v) is 18.2. The van der Waals surface area contributed by atoms with E-state index in [-0.39, 0.29) is 73.2 Å². The van der Waals surface area contributed by atoms with Crippen LogP contribution in [0.5, 0.6) is 0 Å². The number of nitrogens with two attached hydrogens (primary N) is 1. The van der Waals surface area contributed by atoms with E-state index < -0.39 is 90.5 Å². The van der Waals surface area contributed by atoms with E-state index in [1.165, 1.54) is 21.9 Å². The minimum atomic E-state index is -5.87. The Kier molecular flexibility index (Phi) is 18.0. The van der Waals surface area contributed by atoms with Gasteiger partial charge in [-0.15, -0.1) is 11.3 Å². The van der Waals surface area contributed by atoms with Crippen LogP contribution in [0.25, 0.3) is 10.1 Å². The monoisotopic (exact) mass is 1170 g/mol. The lowest BCUT2D eigenvalue weighted by Gasteiger charge is -2.38. The van der Waals surface area contributed by atoms with Crippen LogP contribution in [0.2, 0.25) is 0 Å². The van der Waals surface area contributed by atoms with E-state index in [1.54, 1.807) is 54.4 Å². The summed E-state index contributed by atoms with van der Waals surface area (Å²) in [6.07, 6.45) is 4.66. The number of hydrogen-bond donors (Lipinski definition) is 7. The average molecular weight is 1170 g/mol. The summed E-state index contributed by atoms with van der Waals surface area (Å²) in [4.78, 5) is 146. The summed E-state index contributed by atoms with van der Waals surface area (Å²) in [5.74, 6) is 1.82. The maximum Gasteiger partial charge on any atom is 0.399 e. The van der Waals surface area contributed by atoms with Gasteiger partial charge in [-0.3, -0.25) is 53.0 Å². The molecule has 3 aromatic carbocycles. The van der Waals surface area contributed by atoms with Crippen LogP contribution in [0, 0.1) is 17.8 Å². The number of imide groups is 1. The second kappa shape index (κ2) is 25.0. The maximum absolute atomic E-state index is 14.6. The third-order valence-electron chi connectivity index (χ3n) is 16.1. The number of piperidine rings is 2. The number of alkyl halides is 2. The first-order chi connectivity index (χ1) is 39.1. The van der Waals surface area contributed by atoms with Gasteiger partial charge in [0.25, 0.3) is 11.8 Å². The highest BCUT2D eigenvalue weighted by molar-refractivity contribution is 7.52. The van der Waals surface area contributed by atoms with Crippen LogP contribution < -0.4 is 27.0 Å². The lowest BCUT2D eigenvalue weighted by molar-refractivity contribution is -0.144. The average Bonchev–Trinajstić information content (AvgIpc) is 4.39. The highest BCUT2D eigenvalue weighted by atomic mass is 32.1. The van der Waals surface area contributed by atoms with E-state index in [9.17, 15) is 66.3 Å². The number of fused-ring (bicyclic) bond motifs is 3. The van der Waals surface area contributed by atoms with Gasteiger partial charge in [0.1, 0.15) is 30.2 Å². The number of likely N-dealkylation sites (N-methyl/N-ethyl adjacent to an activating group) is 1. The molecule has 1 unspecified atom stereocenters. The molecule has 0 bridgehead atoms. The van der Waals surface area contributed by atoms with Crippen molar-refractivity contribution in [2.45, 2.75) is 126 Å². The number of nitrogens with zero attached hydrogens (tertiary/aromatic N) is 4. The smallest absolute Gasteiger partial charge is 0.370 e. The quantitative estimate of drug-likeness (QED) is 0.0344. The summed E-state index contributed by atoms with van der Waals surface area (Å²) in [6, 6.07) is 12.3. The summed E-state index contributed by atoms with van der Waals surface area (Å²) in [5, 5.41) is 10.8. The van der Waals surface area contributed by atoms with Crippen molar-refractivity contribution in [3.63, 3.8) is 0 Å². The number of hydrogen-bond acceptors (Lipinski definition) is 12. The van der Waals surface area contributed by atoms with Crippen LogP contribution in [0.1, 0.15) is 125 Å². The fraction of sp³-hybridized carbons (Fsp3) is 0.456. The van der Waals surface area contributed by atoms with Gasteiger partial charge in [0.15, 0.2) is 0 Å². The molecule has 5 aliphatic heterocycles. The molecule has 0 spiro atoms. The van der Waals surface area contributed by atoms with Gasteiger partial charge in [-0.1, -0.05) is 54.3 Å². The van der Waals surface area contributed by atoms with Gasteiger partial charge >= 0.3 is 13.3 Å². The Balaban J connectivity index is 0.815. The minimum Gasteiger partial charge on any atom is -0.370 e. The van der Waals surface area contributed by atoms with Gasteiger partial charge in [-0.25, -0.2) is 0 Å². The lowest BCUT2D eigenvalue weighted by atomic mass is 9.91. The van der Waals surface area contributed by atoms with Gasteiger partial charge < -0.3 is 51.1 Å². The van der Waals surface area contributed by atoms with Crippen LogP contribution >= 0.6 is 18.9 Å². The highest BCUT2D eigenvalue weighted by Gasteiger charge is 2.51. The Bertz CT molecular complexity index is 3300. The predicted molar refractivity (Wildman–Crippen MR) is 295 cm³/mol. The number of nitrogens with one attached hydrogen (secondary N) is 4. The first kappa shape index (κ1) is 59.2. The summed E-state index contributed by atoms with van der Waals surface area (Å²) >= 11 is 0.923. The SMILES string of the molecule is CN1CC[C@H]2CC[C@@H](C(=O)N[C@@H](CCC(N)=O)C(=O)N[C@H](C(=O)N3CCC(CCCC#Cc4cccc5c4CN(C4CCC(=O)NC4=O)C5=O)CC3)c3ccccc3)N2C(=O)[C@@H](NC(=O)c2cc3cc(C(F)(F)P(=O)(O)O)ccc3s2)C1. The number of unbranched alkanes of at least 4 members (excludes halogenated alkanes) is 1. The van der Waals surface area contributed by atoms with Crippen molar-refractivity contribution in [1.82, 2.24) is 40.9 Å². The molecule has 0 saturated carbocycles. The molecule has 21 nitrogen and oxygen atoms in total. The van der Waals surface area contributed by atoms with Gasteiger partial charge in [0, 0.05) is 72.9 Å². The molecule has 4 aromatic rings. The van der Waals surface area contributed by atoms with E-state index in [0.29, 0.717) is 79.0 Å². The van der Waals surface area contributed by atoms with Crippen LogP contribution in [-0.4, -0.2) is 146 Å². The first-order valence-electron chi connectivity index (χ1n) is 27.3. The lowest BCUT2D eigenvalue weighted by Crippen LogP contribution is -2.61. The number of carbonyl (C=O) groups excluding carboxylic acids is 9. The van der Waals surface area contributed by atoms with Crippen molar-refractivity contribution in [2.24, 2.45) is 11.7 Å². The molecule has 5 aliphatic rings. The number of benzene rings is 3. The summed E-state index contributed by atoms with van der Waals surface area (Å²) < 4.78 is 41.0. The molecule has 0 aliphatic carbocycles. The number of carbonyl (C=O) groups is 9. The summed E-state index contributed by atoms with van der Waals surface area (Å²) in [6.45, 7) is 1.59. The van der Waals surface area contributed by atoms with Crippen LogP contribution in [0.4, 0.5) is 8.78 Å². The van der Waals surface area contributed by atoms with Gasteiger partial charge in [0.2, 0.25) is 41.4 Å². The number of amides is 9. The number of likely N-dealkylation sites (tertiary alicyclic amines) is 1. The molecule has 8 N–H and O–H groups in total. The fourth-order valence-corrected chi connectivity index (χ4v) is 13.0. The molecule has 0 radical (unpaired) electrons. The van der Waals surface area contributed by atoms with Crippen LogP contribution in [0.3, 0.4) is 0 Å². The Morgan fingerprint density at radius 1 is 0.915 bits per heavy atom. The Labute approximate surface area is 475 Å². The van der Waals surface area contributed by atoms with Gasteiger partial charge in [0.05, 0.1) is 4.88 Å². The predicted octanol–water partition coefficient (Wildman–Crippen LogP) is 3.75. The van der Waals surface area contributed by atoms with Crippen molar-refractivity contribution in [3.8, 4) is 11.8 Å². The Morgan fingerprint density at radius 2 is 1.67 bits per heavy atom. The molecule has 1 aromatic heterocycles. The standard InChI is InChI=1S/C57H64F2N9O12PS/c1-65-26-25-38-16-18-44(68(38)55(76)42(32-65)62-53(74)46-30-36-29-37(15-20-45(36)82-46)57(58,59)81(78,79)80)52(73)61-41(17-21-47(60)69)50(71)64-49(35-11-6-3-7-12-35)56(77)66-27-23-33(24-28-66)9-4-2-5-10-34-13-8-14-39-40(34)31-67(54(39)75)43-19-22-48(70)63-51(43)72/h3,6-8,11-15,20,29-30,33,38,41-44,49H,2,4,9,16-19,21-28,31-32H2,1H3,(H2,60,69)(H,61,73)(H,62,74)(H,64,71)(H,63,70,72)(H2,78,79,80)/t38-,41+,42+,43?,44+,49+/m1/s1. The van der Waals surface area contributed by atoms with Crippen molar-refractivity contribution in [2.75, 3.05) is 33.2 Å². The molecule has 9 amide bonds. The minimum absolute atomic E-state index is 0.0318. The molecule has 4 saturated heterocycles. The van der Waals surface area contributed by atoms with Crippen LogP contribution in [-0.2, 0) is 50.3 Å². The molecule has 82 heavy (non-hydrogen) atoms. The number of primary amides is 1. The summed E-state index contributed by atoms with van der Waals surface area (Å²) in [5.41, 5.74) is 2.60. The molecule has 6 heterocycles. The van der Waals surface area contributed by atoms with Crippen molar-refractivity contribution < 1.29 is 66.3 Å². The van der Waals surface area contributed by atoms with E-state index in [0.717, 1.165) is 41.9 Å². The molecule has 25 heteroatoms. The van der Waals surface area contributed by atoms with Crippen molar-refractivity contribution >= 4 is 82.2 Å². The largest absolute Gasteiger partial charge is 0.399 e. The zero-order chi connectivity index (χ0) is 58.6. The Morgan fingerprint density at radius 3 is 2.39 bits per heavy atom. The zero-order valence-corrected chi connectivity index (χ0v) is 46.7. The van der Waals surface area contributed by atoms with E-state index in [1.807, 2.05) is 11.0 Å². The third kappa shape index (κ3) is 13.1. The number of rotatable bonds is 17.